The zero-order chi connectivity index (χ0) is 13.1. The van der Waals surface area contributed by atoms with Crippen molar-refractivity contribution in [1.82, 2.24) is 4.90 Å². The maximum atomic E-state index is 11.6. The number of likely N-dealkylation sites (tertiary alicyclic amines) is 1. The van der Waals surface area contributed by atoms with Crippen LogP contribution in [0.25, 0.3) is 0 Å². The topological polar surface area (TPSA) is 29.5 Å². The molecule has 100 valence electrons. The summed E-state index contributed by atoms with van der Waals surface area (Å²) in [5.74, 6) is -0.137. The molecule has 2 unspecified atom stereocenters. The summed E-state index contributed by atoms with van der Waals surface area (Å²) in [4.78, 5) is 14.0. The van der Waals surface area contributed by atoms with E-state index in [1.807, 2.05) is 6.92 Å². The molecule has 0 aromatic rings. The predicted molar refractivity (Wildman–Crippen MR) is 69.8 cm³/mol. The number of ether oxygens (including phenoxy) is 1. The van der Waals surface area contributed by atoms with Crippen molar-refractivity contribution in [2.24, 2.45) is 11.3 Å². The number of carbonyl (C=O) groups excluding carboxylic acids is 1. The quantitative estimate of drug-likeness (QED) is 0.712. The van der Waals surface area contributed by atoms with Crippen molar-refractivity contribution in [3.05, 3.63) is 0 Å². The lowest BCUT2D eigenvalue weighted by Crippen LogP contribution is -2.41. The van der Waals surface area contributed by atoms with E-state index in [9.17, 15) is 4.79 Å². The highest BCUT2D eigenvalue weighted by Gasteiger charge is 2.30. The molecule has 0 amide bonds. The van der Waals surface area contributed by atoms with E-state index in [1.54, 1.807) is 0 Å². The largest absolute Gasteiger partial charge is 0.469 e. The Labute approximate surface area is 106 Å². The lowest BCUT2D eigenvalue weighted by atomic mass is 9.85. The van der Waals surface area contributed by atoms with Crippen molar-refractivity contribution in [2.75, 3.05) is 20.2 Å². The molecule has 0 N–H and O–H groups in total. The summed E-state index contributed by atoms with van der Waals surface area (Å²) in [6.45, 7) is 11.0. The van der Waals surface area contributed by atoms with Gasteiger partial charge in [-0.3, -0.25) is 9.69 Å². The Kier molecular flexibility index (Phi) is 4.99. The molecule has 0 aliphatic carbocycles. The van der Waals surface area contributed by atoms with Gasteiger partial charge >= 0.3 is 5.97 Å². The molecule has 1 heterocycles. The predicted octanol–water partition coefficient (Wildman–Crippen LogP) is 2.70. The molecule has 0 bridgehead atoms. The van der Waals surface area contributed by atoms with Crippen LogP contribution >= 0.6 is 0 Å². The lowest BCUT2D eigenvalue weighted by Gasteiger charge is -2.31. The zero-order valence-electron chi connectivity index (χ0n) is 12.0. The maximum absolute atomic E-state index is 11.6. The molecule has 0 radical (unpaired) electrons. The average Bonchev–Trinajstić information content (AvgIpc) is 2.47. The van der Waals surface area contributed by atoms with Crippen molar-refractivity contribution < 1.29 is 9.53 Å². The van der Waals surface area contributed by atoms with E-state index in [-0.39, 0.29) is 17.9 Å². The van der Waals surface area contributed by atoms with Crippen LogP contribution < -0.4 is 0 Å². The third-order valence-corrected chi connectivity index (χ3v) is 4.25. The van der Waals surface area contributed by atoms with Gasteiger partial charge in [0.2, 0.25) is 0 Å². The van der Waals surface area contributed by atoms with Crippen LogP contribution in [0.2, 0.25) is 0 Å². The molecule has 1 aliphatic heterocycles. The van der Waals surface area contributed by atoms with E-state index in [0.717, 1.165) is 13.1 Å². The van der Waals surface area contributed by atoms with Crippen LogP contribution in [0.4, 0.5) is 0 Å². The summed E-state index contributed by atoms with van der Waals surface area (Å²) in [7, 11) is 1.47. The maximum Gasteiger partial charge on any atom is 0.309 e. The second-order valence-corrected chi connectivity index (χ2v) is 6.11. The Morgan fingerprint density at radius 2 is 1.88 bits per heavy atom. The summed E-state index contributed by atoms with van der Waals surface area (Å²) < 4.78 is 4.83. The molecule has 0 spiro atoms. The van der Waals surface area contributed by atoms with Crippen LogP contribution in [0.3, 0.4) is 0 Å². The van der Waals surface area contributed by atoms with Gasteiger partial charge in [-0.2, -0.15) is 0 Å². The highest BCUT2D eigenvalue weighted by molar-refractivity contribution is 5.72. The zero-order valence-corrected chi connectivity index (χ0v) is 12.0. The minimum Gasteiger partial charge on any atom is -0.469 e. The van der Waals surface area contributed by atoms with E-state index in [4.69, 9.17) is 4.74 Å². The van der Waals surface area contributed by atoms with Crippen molar-refractivity contribution in [1.29, 1.82) is 0 Å². The summed E-state index contributed by atoms with van der Waals surface area (Å²) >= 11 is 0. The molecule has 0 aromatic heterocycles. The molecule has 3 heteroatoms. The number of rotatable bonds is 3. The molecule has 0 aromatic carbocycles. The van der Waals surface area contributed by atoms with E-state index in [0.29, 0.717) is 5.41 Å². The van der Waals surface area contributed by atoms with Gasteiger partial charge in [0, 0.05) is 6.04 Å². The van der Waals surface area contributed by atoms with Gasteiger partial charge in [0.1, 0.15) is 0 Å². The van der Waals surface area contributed by atoms with E-state index in [2.05, 4.69) is 25.7 Å². The first-order chi connectivity index (χ1) is 7.87. The van der Waals surface area contributed by atoms with Gasteiger partial charge in [-0.25, -0.2) is 0 Å². The standard InChI is InChI=1S/C14H27NO2/c1-11(13(16)17-5)12(2)15-9-6-7-14(3,4)8-10-15/h11-12H,6-10H2,1-5H3. The smallest absolute Gasteiger partial charge is 0.309 e. The van der Waals surface area contributed by atoms with Crippen LogP contribution in [0, 0.1) is 11.3 Å². The number of carbonyl (C=O) groups is 1. The summed E-state index contributed by atoms with van der Waals surface area (Å²) in [6.07, 6.45) is 3.72. The van der Waals surface area contributed by atoms with Gasteiger partial charge in [-0.1, -0.05) is 20.8 Å². The average molecular weight is 241 g/mol. The van der Waals surface area contributed by atoms with Crippen LogP contribution in [-0.4, -0.2) is 37.1 Å². The van der Waals surface area contributed by atoms with Gasteiger partial charge in [0.15, 0.2) is 0 Å². The second-order valence-electron chi connectivity index (χ2n) is 6.11. The molecule has 1 fully saturated rings. The van der Waals surface area contributed by atoms with Gasteiger partial charge in [0.05, 0.1) is 13.0 Å². The fourth-order valence-electron chi connectivity index (χ4n) is 2.55. The Hall–Kier alpha value is -0.570. The Balaban J connectivity index is 2.58. The highest BCUT2D eigenvalue weighted by atomic mass is 16.5. The Morgan fingerprint density at radius 1 is 1.24 bits per heavy atom. The first-order valence-corrected chi connectivity index (χ1v) is 6.69. The van der Waals surface area contributed by atoms with Gasteiger partial charge in [-0.05, 0) is 44.7 Å². The third-order valence-electron chi connectivity index (χ3n) is 4.25. The van der Waals surface area contributed by atoms with Crippen LogP contribution in [0.5, 0.6) is 0 Å². The molecule has 1 saturated heterocycles. The molecule has 2 atom stereocenters. The normalized spacial score (nSPS) is 24.8. The van der Waals surface area contributed by atoms with Crippen LogP contribution in [0.15, 0.2) is 0 Å². The molecular formula is C14H27NO2. The fourth-order valence-corrected chi connectivity index (χ4v) is 2.55. The monoisotopic (exact) mass is 241 g/mol. The lowest BCUT2D eigenvalue weighted by molar-refractivity contribution is -0.147. The highest BCUT2D eigenvalue weighted by Crippen LogP contribution is 2.31. The van der Waals surface area contributed by atoms with E-state index in [1.165, 1.54) is 26.4 Å². The van der Waals surface area contributed by atoms with E-state index < -0.39 is 0 Å². The van der Waals surface area contributed by atoms with E-state index >= 15 is 0 Å². The summed E-state index contributed by atoms with van der Waals surface area (Å²) in [5.41, 5.74) is 0.447. The minimum atomic E-state index is -0.0963. The van der Waals surface area contributed by atoms with Crippen molar-refractivity contribution in [3.63, 3.8) is 0 Å². The summed E-state index contributed by atoms with van der Waals surface area (Å²) in [5, 5.41) is 0. The number of hydrogen-bond acceptors (Lipinski definition) is 3. The van der Waals surface area contributed by atoms with Gasteiger partial charge < -0.3 is 4.74 Å². The Bertz CT molecular complexity index is 263. The van der Waals surface area contributed by atoms with Gasteiger partial charge in [-0.15, -0.1) is 0 Å². The van der Waals surface area contributed by atoms with Gasteiger partial charge in [0.25, 0.3) is 0 Å². The van der Waals surface area contributed by atoms with Crippen LogP contribution in [-0.2, 0) is 9.53 Å². The van der Waals surface area contributed by atoms with Crippen LogP contribution in [0.1, 0.15) is 47.0 Å². The minimum absolute atomic E-state index is 0.0405. The van der Waals surface area contributed by atoms with Crippen molar-refractivity contribution in [3.8, 4) is 0 Å². The molecule has 1 aliphatic rings. The SMILES string of the molecule is COC(=O)C(C)C(C)N1CCCC(C)(C)CC1. The third kappa shape index (κ3) is 3.98. The van der Waals surface area contributed by atoms with Crippen molar-refractivity contribution >= 4 is 5.97 Å². The summed E-state index contributed by atoms with van der Waals surface area (Å²) in [6, 6.07) is 0.274. The first-order valence-electron chi connectivity index (χ1n) is 6.69. The second kappa shape index (κ2) is 5.85. The molecular weight excluding hydrogens is 214 g/mol. The Morgan fingerprint density at radius 3 is 2.47 bits per heavy atom. The molecule has 1 rings (SSSR count). The number of esters is 1. The number of nitrogens with zero attached hydrogens (tertiary/aromatic N) is 1. The first kappa shape index (κ1) is 14.5. The van der Waals surface area contributed by atoms with Crippen molar-refractivity contribution in [2.45, 2.75) is 53.0 Å². The molecule has 3 nitrogen and oxygen atoms in total. The number of hydrogen-bond donors (Lipinski definition) is 0. The fraction of sp³-hybridized carbons (Fsp3) is 0.929. The number of methoxy groups -OCH3 is 1. The molecule has 17 heavy (non-hydrogen) atoms. The molecule has 0 saturated carbocycles.